The van der Waals surface area contributed by atoms with Crippen LogP contribution in [0.15, 0.2) is 18.3 Å². The second-order valence-electron chi connectivity index (χ2n) is 7.49. The van der Waals surface area contributed by atoms with Crippen LogP contribution in [-0.2, 0) is 11.3 Å². The Hall–Kier alpha value is -1.62. The van der Waals surface area contributed by atoms with Crippen LogP contribution in [-0.4, -0.2) is 48.5 Å². The van der Waals surface area contributed by atoms with Gasteiger partial charge < -0.3 is 15.1 Å². The van der Waals surface area contributed by atoms with E-state index in [9.17, 15) is 4.79 Å². The van der Waals surface area contributed by atoms with E-state index in [-0.39, 0.29) is 11.8 Å². The van der Waals surface area contributed by atoms with Crippen LogP contribution in [0.5, 0.6) is 0 Å². The maximum Gasteiger partial charge on any atom is 0.224 e. The summed E-state index contributed by atoms with van der Waals surface area (Å²) >= 11 is 0. The first-order chi connectivity index (χ1) is 12.2. The van der Waals surface area contributed by atoms with Crippen molar-refractivity contribution in [3.63, 3.8) is 0 Å². The summed E-state index contributed by atoms with van der Waals surface area (Å²) in [5.41, 5.74) is 1.12. The zero-order valence-electron chi connectivity index (χ0n) is 15.7. The molecule has 1 N–H and O–H groups in total. The highest BCUT2D eigenvalue weighted by Gasteiger charge is 2.27. The fourth-order valence-corrected chi connectivity index (χ4v) is 4.19. The SMILES string of the molecule is CCN1CC[C@@H](C(=O)NCc2cccnc2N(C)C2CCCCC2)C1. The number of rotatable bonds is 6. The van der Waals surface area contributed by atoms with Gasteiger partial charge in [0.15, 0.2) is 0 Å². The van der Waals surface area contributed by atoms with Crippen molar-refractivity contribution in [2.75, 3.05) is 31.6 Å². The highest BCUT2D eigenvalue weighted by Crippen LogP contribution is 2.27. The van der Waals surface area contributed by atoms with Crippen LogP contribution in [0.4, 0.5) is 5.82 Å². The van der Waals surface area contributed by atoms with E-state index in [0.717, 1.165) is 37.4 Å². The standard InChI is InChI=1S/C20H32N4O/c1-3-24-13-11-17(15-24)20(25)22-14-16-8-7-12-21-19(16)23(2)18-9-5-4-6-10-18/h7-8,12,17-18H,3-6,9-11,13-15H2,1-2H3,(H,22,25)/t17-/m1/s1. The summed E-state index contributed by atoms with van der Waals surface area (Å²) in [5.74, 6) is 1.35. The van der Waals surface area contributed by atoms with Crippen molar-refractivity contribution < 1.29 is 4.79 Å². The van der Waals surface area contributed by atoms with Gasteiger partial charge >= 0.3 is 0 Å². The molecule has 0 aromatic carbocycles. The Morgan fingerprint density at radius 3 is 2.84 bits per heavy atom. The predicted octanol–water partition coefficient (Wildman–Crippen LogP) is 2.81. The van der Waals surface area contributed by atoms with E-state index in [1.54, 1.807) is 0 Å². The average molecular weight is 345 g/mol. The molecule has 0 spiro atoms. The Bertz CT molecular complexity index is 571. The third-order valence-corrected chi connectivity index (χ3v) is 5.87. The first kappa shape index (κ1) is 18.2. The molecule has 1 aliphatic heterocycles. The van der Waals surface area contributed by atoms with Gasteiger partial charge in [0.05, 0.1) is 5.92 Å². The Kier molecular flexibility index (Phi) is 6.29. The van der Waals surface area contributed by atoms with E-state index in [0.29, 0.717) is 12.6 Å². The van der Waals surface area contributed by atoms with Crippen molar-refractivity contribution in [3.05, 3.63) is 23.9 Å². The first-order valence-corrected chi connectivity index (χ1v) is 9.85. The summed E-state index contributed by atoms with van der Waals surface area (Å²) in [4.78, 5) is 21.8. The Balaban J connectivity index is 1.60. The Labute approximate surface area is 151 Å². The van der Waals surface area contributed by atoms with E-state index < -0.39 is 0 Å². The molecule has 0 bridgehead atoms. The molecule has 1 aromatic heterocycles. The van der Waals surface area contributed by atoms with Crippen LogP contribution in [0.25, 0.3) is 0 Å². The third-order valence-electron chi connectivity index (χ3n) is 5.87. The number of nitrogens with one attached hydrogen (secondary N) is 1. The van der Waals surface area contributed by atoms with Gasteiger partial charge in [-0.3, -0.25) is 4.79 Å². The molecule has 3 rings (SSSR count). The predicted molar refractivity (Wildman–Crippen MR) is 102 cm³/mol. The van der Waals surface area contributed by atoms with Gasteiger partial charge in [0, 0.05) is 37.9 Å². The maximum absolute atomic E-state index is 12.5. The van der Waals surface area contributed by atoms with Crippen molar-refractivity contribution >= 4 is 11.7 Å². The van der Waals surface area contributed by atoms with E-state index >= 15 is 0 Å². The summed E-state index contributed by atoms with van der Waals surface area (Å²) in [6, 6.07) is 4.63. The van der Waals surface area contributed by atoms with Gasteiger partial charge in [0.2, 0.25) is 5.91 Å². The number of anilines is 1. The van der Waals surface area contributed by atoms with E-state index in [1.807, 2.05) is 12.3 Å². The highest BCUT2D eigenvalue weighted by atomic mass is 16.1. The number of pyridine rings is 1. The highest BCUT2D eigenvalue weighted by molar-refractivity contribution is 5.79. The number of likely N-dealkylation sites (tertiary alicyclic amines) is 1. The number of carbonyl (C=O) groups is 1. The number of hydrogen-bond donors (Lipinski definition) is 1. The Morgan fingerprint density at radius 1 is 1.32 bits per heavy atom. The topological polar surface area (TPSA) is 48.5 Å². The van der Waals surface area contributed by atoms with Gasteiger partial charge in [-0.2, -0.15) is 0 Å². The minimum Gasteiger partial charge on any atom is -0.356 e. The van der Waals surface area contributed by atoms with Gasteiger partial charge in [-0.15, -0.1) is 0 Å². The van der Waals surface area contributed by atoms with Crippen molar-refractivity contribution in [1.29, 1.82) is 0 Å². The van der Waals surface area contributed by atoms with Crippen LogP contribution < -0.4 is 10.2 Å². The fraction of sp³-hybridized carbons (Fsp3) is 0.700. The van der Waals surface area contributed by atoms with E-state index in [2.05, 4.69) is 40.1 Å². The number of aromatic nitrogens is 1. The molecule has 0 unspecified atom stereocenters. The number of hydrogen-bond acceptors (Lipinski definition) is 4. The van der Waals surface area contributed by atoms with Crippen LogP contribution in [0.2, 0.25) is 0 Å². The minimum atomic E-state index is 0.135. The summed E-state index contributed by atoms with van der Waals surface area (Å²) in [5, 5.41) is 3.15. The van der Waals surface area contributed by atoms with Gasteiger partial charge in [-0.1, -0.05) is 32.3 Å². The van der Waals surface area contributed by atoms with Crippen LogP contribution >= 0.6 is 0 Å². The monoisotopic (exact) mass is 344 g/mol. The molecule has 1 saturated heterocycles. The lowest BCUT2D eigenvalue weighted by Crippen LogP contribution is -2.36. The average Bonchev–Trinajstić information content (AvgIpc) is 3.16. The maximum atomic E-state index is 12.5. The van der Waals surface area contributed by atoms with Crippen molar-refractivity contribution in [2.45, 2.75) is 58.0 Å². The van der Waals surface area contributed by atoms with Crippen LogP contribution in [0, 0.1) is 5.92 Å². The molecule has 1 saturated carbocycles. The first-order valence-electron chi connectivity index (χ1n) is 9.85. The van der Waals surface area contributed by atoms with E-state index in [4.69, 9.17) is 0 Å². The molecule has 25 heavy (non-hydrogen) atoms. The summed E-state index contributed by atoms with van der Waals surface area (Å²) in [6.07, 6.45) is 9.29. The smallest absolute Gasteiger partial charge is 0.224 e. The zero-order valence-corrected chi connectivity index (χ0v) is 15.7. The molecule has 2 aliphatic rings. The normalized spacial score (nSPS) is 22.1. The second-order valence-corrected chi connectivity index (χ2v) is 7.49. The molecule has 1 atom stereocenters. The third kappa shape index (κ3) is 4.51. The number of carbonyl (C=O) groups excluding carboxylic acids is 1. The molecule has 0 radical (unpaired) electrons. The molecule has 1 aliphatic carbocycles. The lowest BCUT2D eigenvalue weighted by molar-refractivity contribution is -0.124. The fourth-order valence-electron chi connectivity index (χ4n) is 4.19. The molecule has 1 aromatic rings. The minimum absolute atomic E-state index is 0.135. The zero-order chi connectivity index (χ0) is 17.6. The molecule has 5 nitrogen and oxygen atoms in total. The number of amides is 1. The van der Waals surface area contributed by atoms with Gasteiger partial charge in [0.25, 0.3) is 0 Å². The second kappa shape index (κ2) is 8.65. The van der Waals surface area contributed by atoms with Crippen molar-refractivity contribution in [3.8, 4) is 0 Å². The summed E-state index contributed by atoms with van der Waals surface area (Å²) < 4.78 is 0. The van der Waals surface area contributed by atoms with Crippen molar-refractivity contribution in [1.82, 2.24) is 15.2 Å². The van der Waals surface area contributed by atoms with Gasteiger partial charge in [-0.25, -0.2) is 4.98 Å². The number of nitrogens with zero attached hydrogens (tertiary/aromatic N) is 3. The van der Waals surface area contributed by atoms with Crippen molar-refractivity contribution in [2.24, 2.45) is 5.92 Å². The largest absolute Gasteiger partial charge is 0.356 e. The molecule has 2 fully saturated rings. The van der Waals surface area contributed by atoms with Crippen LogP contribution in [0.1, 0.15) is 51.0 Å². The molecule has 138 valence electrons. The van der Waals surface area contributed by atoms with Crippen LogP contribution in [0.3, 0.4) is 0 Å². The van der Waals surface area contributed by atoms with Gasteiger partial charge in [0.1, 0.15) is 5.82 Å². The quantitative estimate of drug-likeness (QED) is 0.862. The lowest BCUT2D eigenvalue weighted by Gasteiger charge is -2.33. The summed E-state index contributed by atoms with van der Waals surface area (Å²) in [6.45, 7) is 5.69. The Morgan fingerprint density at radius 2 is 2.12 bits per heavy atom. The molecular formula is C20H32N4O. The molecule has 5 heteroatoms. The van der Waals surface area contributed by atoms with Gasteiger partial charge in [-0.05, 0) is 38.4 Å². The molecular weight excluding hydrogens is 312 g/mol. The van der Waals surface area contributed by atoms with E-state index in [1.165, 1.54) is 32.1 Å². The summed E-state index contributed by atoms with van der Waals surface area (Å²) in [7, 11) is 2.15. The molecule has 1 amide bonds. The lowest BCUT2D eigenvalue weighted by atomic mass is 9.94. The molecule has 2 heterocycles.